The molecule has 0 aliphatic carbocycles. The molecule has 0 spiro atoms. The normalized spacial score (nSPS) is 30.0. The molecule has 2 aliphatic heterocycles. The summed E-state index contributed by atoms with van der Waals surface area (Å²) in [5.41, 5.74) is 1.39. The number of pyridine rings is 1. The molecule has 0 N–H and O–H groups in total. The number of nitrogens with zero attached hydrogens (tertiary/aromatic N) is 2. The number of hydrogen-bond acceptors (Lipinski definition) is 2. The van der Waals surface area contributed by atoms with Crippen molar-refractivity contribution in [1.29, 1.82) is 0 Å². The summed E-state index contributed by atoms with van der Waals surface area (Å²) in [6.45, 7) is 3.78. The third kappa shape index (κ3) is 0.441. The van der Waals surface area contributed by atoms with Crippen LogP contribution in [0.25, 0.3) is 0 Å². The Morgan fingerprint density at radius 1 is 1.64 bits per heavy atom. The topological polar surface area (TPSA) is 15.9 Å². The minimum atomic E-state index is 0.542. The van der Waals surface area contributed by atoms with Gasteiger partial charge in [-0.05, 0) is 6.07 Å². The Bertz CT molecular complexity index is 303. The van der Waals surface area contributed by atoms with E-state index in [9.17, 15) is 0 Å². The van der Waals surface area contributed by atoms with Gasteiger partial charge in [0.05, 0.1) is 12.1 Å². The van der Waals surface area contributed by atoms with Gasteiger partial charge in [0.2, 0.25) is 0 Å². The predicted octanol–water partition coefficient (Wildman–Crippen LogP) is 1.51. The van der Waals surface area contributed by atoms with Crippen LogP contribution in [-0.2, 0) is 0 Å². The maximum Gasteiger partial charge on any atom is 0.135 e. The Morgan fingerprint density at radius 3 is 3.27 bits per heavy atom. The smallest absolute Gasteiger partial charge is 0.135 e. The fraction of sp³-hybridized carbons (Fsp3) is 0.222. The zero-order valence-electron chi connectivity index (χ0n) is 6.07. The van der Waals surface area contributed by atoms with E-state index in [1.165, 1.54) is 5.56 Å². The molecule has 1 saturated heterocycles. The largest absolute Gasteiger partial charge is 0.338 e. The van der Waals surface area contributed by atoms with Crippen molar-refractivity contribution in [3.63, 3.8) is 0 Å². The monoisotopic (exact) mass is 144 g/mol. The van der Waals surface area contributed by atoms with Gasteiger partial charge in [-0.25, -0.2) is 4.98 Å². The molecular formula is C9H8N2. The lowest BCUT2D eigenvalue weighted by Gasteiger charge is -2.16. The third-order valence-electron chi connectivity index (χ3n) is 2.48. The average Bonchev–Trinajstić information content (AvgIpc) is 2.68. The number of rotatable bonds is 1. The van der Waals surface area contributed by atoms with E-state index in [1.54, 1.807) is 0 Å². The molecule has 1 fully saturated rings. The van der Waals surface area contributed by atoms with Gasteiger partial charge in [-0.2, -0.15) is 0 Å². The summed E-state index contributed by atoms with van der Waals surface area (Å²) < 4.78 is 0. The van der Waals surface area contributed by atoms with Gasteiger partial charge in [-0.15, -0.1) is 6.58 Å². The lowest BCUT2D eigenvalue weighted by molar-refractivity contribution is 0.978. The van der Waals surface area contributed by atoms with Crippen LogP contribution in [-0.4, -0.2) is 11.0 Å². The minimum Gasteiger partial charge on any atom is -0.338 e. The summed E-state index contributed by atoms with van der Waals surface area (Å²) in [7, 11) is 0. The first-order chi connectivity index (χ1) is 5.43. The summed E-state index contributed by atoms with van der Waals surface area (Å²) in [6.07, 6.45) is 3.83. The van der Waals surface area contributed by atoms with Crippen molar-refractivity contribution in [2.75, 3.05) is 4.90 Å². The SMILES string of the molecule is C=CC1C2c3cccnc3N12. The van der Waals surface area contributed by atoms with Gasteiger partial charge in [0, 0.05) is 11.8 Å². The molecule has 0 aromatic carbocycles. The maximum absolute atomic E-state index is 4.26. The second-order valence-corrected chi connectivity index (χ2v) is 2.99. The minimum absolute atomic E-state index is 0.542. The quantitative estimate of drug-likeness (QED) is 0.438. The van der Waals surface area contributed by atoms with Crippen molar-refractivity contribution in [1.82, 2.24) is 4.98 Å². The van der Waals surface area contributed by atoms with Gasteiger partial charge < -0.3 is 4.90 Å². The highest BCUT2D eigenvalue weighted by atomic mass is 15.4. The Morgan fingerprint density at radius 2 is 2.55 bits per heavy atom. The molecule has 11 heavy (non-hydrogen) atoms. The van der Waals surface area contributed by atoms with Crippen molar-refractivity contribution in [2.24, 2.45) is 0 Å². The molecule has 2 heteroatoms. The molecule has 1 aromatic heterocycles. The van der Waals surface area contributed by atoms with Crippen LogP contribution in [0.4, 0.5) is 5.82 Å². The van der Waals surface area contributed by atoms with Gasteiger partial charge in [0.25, 0.3) is 0 Å². The average molecular weight is 144 g/mol. The van der Waals surface area contributed by atoms with Crippen molar-refractivity contribution in [2.45, 2.75) is 12.1 Å². The van der Waals surface area contributed by atoms with Crippen LogP contribution in [0.2, 0.25) is 0 Å². The van der Waals surface area contributed by atoms with Crippen molar-refractivity contribution in [3.05, 3.63) is 36.5 Å². The standard InChI is InChI=1S/C9H8N2/c1-2-7-8-6-4-3-5-10-9(6)11(7)8/h2-5,7-8H,1H2. The number of hydrogen-bond donors (Lipinski definition) is 0. The zero-order valence-corrected chi connectivity index (χ0v) is 6.07. The lowest BCUT2D eigenvalue weighted by atomic mass is 10.1. The lowest BCUT2D eigenvalue weighted by Crippen LogP contribution is -2.10. The molecule has 2 unspecified atom stereocenters. The number of fused-ring (bicyclic) bond motifs is 4. The molecule has 2 atom stereocenters. The van der Waals surface area contributed by atoms with E-state index in [0.717, 1.165) is 5.82 Å². The van der Waals surface area contributed by atoms with Crippen LogP contribution >= 0.6 is 0 Å². The summed E-state index contributed by atoms with van der Waals surface area (Å²) in [4.78, 5) is 6.54. The summed E-state index contributed by atoms with van der Waals surface area (Å²) in [5, 5.41) is 0. The molecule has 54 valence electrons. The van der Waals surface area contributed by atoms with E-state index in [0.29, 0.717) is 12.1 Å². The van der Waals surface area contributed by atoms with E-state index >= 15 is 0 Å². The fourth-order valence-corrected chi connectivity index (χ4v) is 1.89. The third-order valence-corrected chi connectivity index (χ3v) is 2.48. The second kappa shape index (κ2) is 1.47. The zero-order chi connectivity index (χ0) is 7.42. The molecule has 0 saturated carbocycles. The van der Waals surface area contributed by atoms with E-state index in [4.69, 9.17) is 0 Å². The molecule has 2 nitrogen and oxygen atoms in total. The van der Waals surface area contributed by atoms with E-state index in [-0.39, 0.29) is 0 Å². The summed E-state index contributed by atoms with van der Waals surface area (Å²) >= 11 is 0. The highest BCUT2D eigenvalue weighted by molar-refractivity contribution is 5.73. The molecule has 0 bridgehead atoms. The van der Waals surface area contributed by atoms with E-state index in [2.05, 4.69) is 22.5 Å². The highest BCUT2D eigenvalue weighted by Gasteiger charge is 2.57. The second-order valence-electron chi connectivity index (χ2n) is 2.99. The molecule has 3 heterocycles. The van der Waals surface area contributed by atoms with E-state index < -0.39 is 0 Å². The van der Waals surface area contributed by atoms with Crippen LogP contribution in [0.3, 0.4) is 0 Å². The van der Waals surface area contributed by atoms with Crippen LogP contribution < -0.4 is 4.90 Å². The van der Waals surface area contributed by atoms with Crippen LogP contribution in [0.1, 0.15) is 11.6 Å². The van der Waals surface area contributed by atoms with Crippen LogP contribution in [0, 0.1) is 0 Å². The van der Waals surface area contributed by atoms with Crippen molar-refractivity contribution in [3.8, 4) is 0 Å². The summed E-state index contributed by atoms with van der Waals surface area (Å²) in [6, 6.07) is 5.30. The molecule has 1 aromatic rings. The first kappa shape index (κ1) is 5.35. The molecule has 0 radical (unpaired) electrons. The Labute approximate surface area is 65.2 Å². The van der Waals surface area contributed by atoms with Crippen LogP contribution in [0.5, 0.6) is 0 Å². The Balaban J connectivity index is 2.09. The molecular weight excluding hydrogens is 136 g/mol. The van der Waals surface area contributed by atoms with Crippen LogP contribution in [0.15, 0.2) is 31.0 Å². The molecule has 2 aliphatic rings. The number of anilines is 1. The first-order valence-electron chi connectivity index (χ1n) is 3.79. The van der Waals surface area contributed by atoms with Crippen molar-refractivity contribution < 1.29 is 0 Å². The highest BCUT2D eigenvalue weighted by Crippen LogP contribution is 2.58. The van der Waals surface area contributed by atoms with Gasteiger partial charge in [-0.3, -0.25) is 0 Å². The Kier molecular flexibility index (Phi) is 0.716. The van der Waals surface area contributed by atoms with Gasteiger partial charge >= 0.3 is 0 Å². The first-order valence-corrected chi connectivity index (χ1v) is 3.79. The molecule has 0 amide bonds. The predicted molar refractivity (Wildman–Crippen MR) is 43.4 cm³/mol. The van der Waals surface area contributed by atoms with E-state index in [1.807, 2.05) is 18.3 Å². The summed E-state index contributed by atoms with van der Waals surface area (Å²) in [5.74, 6) is 1.16. The van der Waals surface area contributed by atoms with Crippen molar-refractivity contribution >= 4 is 5.82 Å². The number of aromatic nitrogens is 1. The van der Waals surface area contributed by atoms with Gasteiger partial charge in [0.15, 0.2) is 0 Å². The Hall–Kier alpha value is -1.31. The maximum atomic E-state index is 4.26. The fourth-order valence-electron chi connectivity index (χ4n) is 1.89. The molecule has 3 rings (SSSR count). The van der Waals surface area contributed by atoms with Gasteiger partial charge in [0.1, 0.15) is 5.82 Å². The van der Waals surface area contributed by atoms with Gasteiger partial charge in [-0.1, -0.05) is 12.1 Å².